The maximum atomic E-state index is 12.5. The van der Waals surface area contributed by atoms with Crippen LogP contribution < -0.4 is 0 Å². The van der Waals surface area contributed by atoms with Crippen molar-refractivity contribution in [1.82, 2.24) is 9.88 Å². The molecule has 1 unspecified atom stereocenters. The second-order valence-electron chi connectivity index (χ2n) is 4.97. The average molecular weight is 341 g/mol. The molecule has 0 aliphatic carbocycles. The largest absolute Gasteiger partial charge is 0.481 e. The molecule has 1 aliphatic rings. The molecule has 2 heterocycles. The van der Waals surface area contributed by atoms with Crippen LogP contribution in [-0.2, 0) is 4.79 Å². The summed E-state index contributed by atoms with van der Waals surface area (Å²) in [7, 11) is 0. The number of carboxylic acid groups (broad SMARTS) is 1. The highest BCUT2D eigenvalue weighted by Gasteiger charge is 2.27. The van der Waals surface area contributed by atoms with Gasteiger partial charge >= 0.3 is 5.97 Å². The maximum absolute atomic E-state index is 12.5. The van der Waals surface area contributed by atoms with E-state index in [-0.39, 0.29) is 18.4 Å². The van der Waals surface area contributed by atoms with Gasteiger partial charge in [0, 0.05) is 35.9 Å². The number of aliphatic carboxylic acids is 1. The fourth-order valence-corrected chi connectivity index (χ4v) is 2.92. The van der Waals surface area contributed by atoms with Gasteiger partial charge in [-0.05, 0) is 47.7 Å². The Balaban J connectivity index is 2.10. The van der Waals surface area contributed by atoms with Gasteiger partial charge in [-0.3, -0.25) is 14.6 Å². The third kappa shape index (κ3) is 3.79. The lowest BCUT2D eigenvalue weighted by atomic mass is 9.97. The van der Waals surface area contributed by atoms with Gasteiger partial charge in [0.2, 0.25) is 0 Å². The predicted octanol–water partition coefficient (Wildman–Crippen LogP) is 2.70. The number of piperidine rings is 1. The van der Waals surface area contributed by atoms with E-state index in [2.05, 4.69) is 20.9 Å². The number of halogens is 1. The van der Waals surface area contributed by atoms with Crippen molar-refractivity contribution >= 4 is 27.8 Å². The first-order valence-electron chi connectivity index (χ1n) is 6.71. The molecule has 6 heteroatoms. The molecule has 1 fully saturated rings. The number of rotatable bonds is 4. The van der Waals surface area contributed by atoms with Crippen molar-refractivity contribution < 1.29 is 14.7 Å². The molecule has 1 aliphatic heterocycles. The number of carboxylic acids is 1. The molecule has 1 aromatic heterocycles. The second kappa shape index (κ2) is 6.83. The Morgan fingerprint density at radius 2 is 2.20 bits per heavy atom. The van der Waals surface area contributed by atoms with Crippen LogP contribution in [-0.4, -0.2) is 39.5 Å². The van der Waals surface area contributed by atoms with Crippen molar-refractivity contribution in [3.05, 3.63) is 28.5 Å². The minimum absolute atomic E-state index is 0.0198. The Labute approximate surface area is 126 Å². The van der Waals surface area contributed by atoms with E-state index in [1.807, 2.05) is 0 Å². The van der Waals surface area contributed by atoms with Crippen LogP contribution in [0.4, 0.5) is 0 Å². The van der Waals surface area contributed by atoms with E-state index in [1.54, 1.807) is 23.4 Å². The summed E-state index contributed by atoms with van der Waals surface area (Å²) < 4.78 is 0.766. The molecular weight excluding hydrogens is 324 g/mol. The SMILES string of the molecule is O=C(O)CCC1CCCCN1C(=O)c1cncc(Br)c1. The molecule has 0 spiro atoms. The summed E-state index contributed by atoms with van der Waals surface area (Å²) in [6.45, 7) is 0.690. The first-order valence-corrected chi connectivity index (χ1v) is 7.50. The van der Waals surface area contributed by atoms with E-state index in [1.165, 1.54) is 0 Å². The van der Waals surface area contributed by atoms with Crippen LogP contribution in [0.15, 0.2) is 22.9 Å². The van der Waals surface area contributed by atoms with Gasteiger partial charge in [0.25, 0.3) is 5.91 Å². The summed E-state index contributed by atoms with van der Waals surface area (Å²) in [5.41, 5.74) is 0.543. The van der Waals surface area contributed by atoms with Crippen molar-refractivity contribution in [3.63, 3.8) is 0 Å². The van der Waals surface area contributed by atoms with Gasteiger partial charge in [0.15, 0.2) is 0 Å². The standard InChI is InChI=1S/C14H17BrN2O3/c15-11-7-10(8-16-9-11)14(20)17-6-2-1-3-12(17)4-5-13(18)19/h7-9,12H,1-6H2,(H,18,19). The molecule has 1 aromatic rings. The van der Waals surface area contributed by atoms with Crippen LogP contribution in [0.1, 0.15) is 42.5 Å². The predicted molar refractivity (Wildman–Crippen MR) is 77.5 cm³/mol. The van der Waals surface area contributed by atoms with E-state index in [9.17, 15) is 9.59 Å². The van der Waals surface area contributed by atoms with Crippen molar-refractivity contribution in [2.45, 2.75) is 38.1 Å². The molecule has 1 atom stereocenters. The van der Waals surface area contributed by atoms with Gasteiger partial charge in [-0.15, -0.1) is 0 Å². The van der Waals surface area contributed by atoms with Crippen LogP contribution in [0.2, 0.25) is 0 Å². The summed E-state index contributed by atoms with van der Waals surface area (Å²) in [4.78, 5) is 29.1. The summed E-state index contributed by atoms with van der Waals surface area (Å²) in [5, 5.41) is 8.80. The Bertz CT molecular complexity index is 507. The molecule has 108 valence electrons. The van der Waals surface area contributed by atoms with E-state index < -0.39 is 5.97 Å². The van der Waals surface area contributed by atoms with E-state index >= 15 is 0 Å². The number of aromatic nitrogens is 1. The van der Waals surface area contributed by atoms with Crippen molar-refractivity contribution in [2.24, 2.45) is 0 Å². The number of amides is 1. The number of likely N-dealkylation sites (tertiary alicyclic amines) is 1. The van der Waals surface area contributed by atoms with Gasteiger partial charge in [-0.1, -0.05) is 0 Å². The summed E-state index contributed by atoms with van der Waals surface area (Å²) in [5.74, 6) is -0.874. The zero-order valence-electron chi connectivity index (χ0n) is 11.1. The van der Waals surface area contributed by atoms with Gasteiger partial charge in [-0.2, -0.15) is 0 Å². The van der Waals surface area contributed by atoms with Crippen molar-refractivity contribution in [2.75, 3.05) is 6.54 Å². The zero-order chi connectivity index (χ0) is 14.5. The van der Waals surface area contributed by atoms with Gasteiger partial charge in [0.1, 0.15) is 0 Å². The fraction of sp³-hybridized carbons (Fsp3) is 0.500. The number of carbonyl (C=O) groups excluding carboxylic acids is 1. The number of pyridine rings is 1. The molecule has 1 amide bonds. The minimum atomic E-state index is -0.813. The smallest absolute Gasteiger partial charge is 0.303 e. The highest BCUT2D eigenvalue weighted by molar-refractivity contribution is 9.10. The molecule has 1 saturated heterocycles. The summed E-state index contributed by atoms with van der Waals surface area (Å²) >= 11 is 3.31. The first-order chi connectivity index (χ1) is 9.58. The third-order valence-electron chi connectivity index (χ3n) is 3.53. The molecule has 20 heavy (non-hydrogen) atoms. The molecule has 1 N–H and O–H groups in total. The van der Waals surface area contributed by atoms with Gasteiger partial charge < -0.3 is 10.0 Å². The Morgan fingerprint density at radius 3 is 2.90 bits per heavy atom. The number of nitrogens with zero attached hydrogens (tertiary/aromatic N) is 2. The Hall–Kier alpha value is -1.43. The van der Waals surface area contributed by atoms with Crippen LogP contribution in [0.3, 0.4) is 0 Å². The Kier molecular flexibility index (Phi) is 5.11. The lowest BCUT2D eigenvalue weighted by Crippen LogP contribution is -2.44. The number of hydrogen-bond acceptors (Lipinski definition) is 3. The molecular formula is C14H17BrN2O3. The average Bonchev–Trinajstić information content (AvgIpc) is 2.44. The third-order valence-corrected chi connectivity index (χ3v) is 3.96. The molecule has 0 saturated carbocycles. The van der Waals surface area contributed by atoms with Gasteiger partial charge in [-0.25, -0.2) is 0 Å². The molecule has 0 aromatic carbocycles. The normalized spacial score (nSPS) is 18.9. The first kappa shape index (κ1) is 15.0. The number of hydrogen-bond donors (Lipinski definition) is 1. The number of carbonyl (C=O) groups is 2. The monoisotopic (exact) mass is 340 g/mol. The molecule has 2 rings (SSSR count). The van der Waals surface area contributed by atoms with Crippen LogP contribution >= 0.6 is 15.9 Å². The van der Waals surface area contributed by atoms with E-state index in [4.69, 9.17) is 5.11 Å². The van der Waals surface area contributed by atoms with Crippen molar-refractivity contribution in [3.8, 4) is 0 Å². The second-order valence-corrected chi connectivity index (χ2v) is 5.89. The molecule has 0 bridgehead atoms. The fourth-order valence-electron chi connectivity index (χ4n) is 2.55. The summed E-state index contributed by atoms with van der Waals surface area (Å²) in [6.07, 6.45) is 6.69. The summed E-state index contributed by atoms with van der Waals surface area (Å²) in [6, 6.07) is 1.77. The molecule has 5 nitrogen and oxygen atoms in total. The molecule has 0 radical (unpaired) electrons. The van der Waals surface area contributed by atoms with Crippen LogP contribution in [0, 0.1) is 0 Å². The minimum Gasteiger partial charge on any atom is -0.481 e. The van der Waals surface area contributed by atoms with Crippen LogP contribution in [0.5, 0.6) is 0 Å². The lowest BCUT2D eigenvalue weighted by molar-refractivity contribution is -0.137. The van der Waals surface area contributed by atoms with E-state index in [0.717, 1.165) is 23.7 Å². The topological polar surface area (TPSA) is 70.5 Å². The van der Waals surface area contributed by atoms with Crippen LogP contribution in [0.25, 0.3) is 0 Å². The lowest BCUT2D eigenvalue weighted by Gasteiger charge is -2.35. The maximum Gasteiger partial charge on any atom is 0.303 e. The quantitative estimate of drug-likeness (QED) is 0.914. The zero-order valence-corrected chi connectivity index (χ0v) is 12.7. The highest BCUT2D eigenvalue weighted by Crippen LogP contribution is 2.23. The Morgan fingerprint density at radius 1 is 1.40 bits per heavy atom. The van der Waals surface area contributed by atoms with Gasteiger partial charge in [0.05, 0.1) is 5.56 Å². The van der Waals surface area contributed by atoms with Crippen molar-refractivity contribution in [1.29, 1.82) is 0 Å². The van der Waals surface area contributed by atoms with E-state index in [0.29, 0.717) is 18.5 Å². The highest BCUT2D eigenvalue weighted by atomic mass is 79.9.